The van der Waals surface area contributed by atoms with E-state index in [1.54, 1.807) is 37.4 Å². The van der Waals surface area contributed by atoms with Crippen LogP contribution in [0.5, 0.6) is 5.75 Å². The average molecular weight is 579 g/mol. The smallest absolute Gasteiger partial charge is 0.341 e. The Bertz CT molecular complexity index is 1520. The second kappa shape index (κ2) is 10.8. The van der Waals surface area contributed by atoms with E-state index >= 15 is 0 Å². The summed E-state index contributed by atoms with van der Waals surface area (Å²) in [6.45, 7) is 0.655. The highest BCUT2D eigenvalue weighted by molar-refractivity contribution is 6.35. The number of likely N-dealkylation sites (tertiary alicyclic amines) is 1. The number of aliphatic carboxylic acids is 1. The molecule has 11 heteroatoms. The van der Waals surface area contributed by atoms with Gasteiger partial charge in [-0.2, -0.15) is 5.26 Å². The van der Waals surface area contributed by atoms with Gasteiger partial charge in [-0.3, -0.25) is 9.69 Å². The Morgan fingerprint density at radius 1 is 1.10 bits per heavy atom. The van der Waals surface area contributed by atoms with Gasteiger partial charge in [-0.1, -0.05) is 47.5 Å². The molecule has 1 spiro atoms. The highest BCUT2D eigenvalue weighted by Gasteiger charge is 2.64. The molecular weight excluding hydrogens is 555 g/mol. The lowest BCUT2D eigenvalue weighted by atomic mass is 9.80. The first-order chi connectivity index (χ1) is 19.1. The summed E-state index contributed by atoms with van der Waals surface area (Å²) in [6.07, 6.45) is 0. The first-order valence-electron chi connectivity index (χ1n) is 12.4. The molecule has 2 aliphatic rings. The molecule has 2 aliphatic heterocycles. The fourth-order valence-corrected chi connectivity index (χ4v) is 6.07. The molecule has 0 saturated carbocycles. The molecule has 0 aromatic heterocycles. The van der Waals surface area contributed by atoms with Crippen molar-refractivity contribution in [3.05, 3.63) is 93.5 Å². The molecule has 1 N–H and O–H groups in total. The number of imide groups is 1. The van der Waals surface area contributed by atoms with Crippen LogP contribution in [0.25, 0.3) is 0 Å². The zero-order valence-electron chi connectivity index (χ0n) is 21.4. The molecule has 3 aromatic rings. The van der Waals surface area contributed by atoms with Crippen molar-refractivity contribution in [3.8, 4) is 11.8 Å². The van der Waals surface area contributed by atoms with Crippen molar-refractivity contribution >= 4 is 46.8 Å². The van der Waals surface area contributed by atoms with Gasteiger partial charge in [-0.25, -0.2) is 14.5 Å². The molecule has 0 bridgehead atoms. The SMILES string of the molecule is CN1C(=O)N(c2cc(Cl)cc(Cl)c2)C(=O)[C@]12CN(Cc1cccc(OCC(=O)O)c1)C[C@H]2c1ccc(C#N)cc1. The largest absolute Gasteiger partial charge is 0.482 e. The molecule has 2 atom stereocenters. The van der Waals surface area contributed by atoms with Gasteiger partial charge in [0, 0.05) is 42.6 Å². The zero-order valence-corrected chi connectivity index (χ0v) is 22.9. The molecule has 0 unspecified atom stereocenters. The lowest BCUT2D eigenvalue weighted by Crippen LogP contribution is -2.53. The van der Waals surface area contributed by atoms with Gasteiger partial charge < -0.3 is 14.7 Å². The minimum Gasteiger partial charge on any atom is -0.482 e. The number of rotatable bonds is 7. The molecule has 5 rings (SSSR count). The van der Waals surface area contributed by atoms with E-state index in [1.807, 2.05) is 18.2 Å². The van der Waals surface area contributed by atoms with E-state index in [-0.39, 0.29) is 12.2 Å². The number of carbonyl (C=O) groups excluding carboxylic acids is 2. The van der Waals surface area contributed by atoms with E-state index in [0.717, 1.165) is 16.0 Å². The van der Waals surface area contributed by atoms with Gasteiger partial charge in [0.05, 0.1) is 17.3 Å². The Hall–Kier alpha value is -4.10. The lowest BCUT2D eigenvalue weighted by Gasteiger charge is -2.34. The van der Waals surface area contributed by atoms with Crippen molar-refractivity contribution in [1.82, 2.24) is 9.80 Å². The normalized spacial score (nSPS) is 20.8. The summed E-state index contributed by atoms with van der Waals surface area (Å²) in [7, 11) is 1.62. The number of amides is 3. The van der Waals surface area contributed by atoms with Crippen LogP contribution in [0.4, 0.5) is 10.5 Å². The summed E-state index contributed by atoms with van der Waals surface area (Å²) >= 11 is 12.4. The quantitative estimate of drug-likeness (QED) is 0.402. The molecule has 0 radical (unpaired) electrons. The number of halogens is 2. The summed E-state index contributed by atoms with van der Waals surface area (Å²) in [5.41, 5.74) is 1.22. The number of carboxylic acids is 1. The molecule has 2 fully saturated rings. The number of carbonyl (C=O) groups is 3. The summed E-state index contributed by atoms with van der Waals surface area (Å²) in [5.74, 6) is -1.46. The van der Waals surface area contributed by atoms with Crippen molar-refractivity contribution in [3.63, 3.8) is 0 Å². The van der Waals surface area contributed by atoms with Gasteiger partial charge >= 0.3 is 12.0 Å². The third kappa shape index (κ3) is 4.97. The summed E-state index contributed by atoms with van der Waals surface area (Å²) in [4.78, 5) is 43.5. The van der Waals surface area contributed by atoms with E-state index in [1.165, 1.54) is 23.1 Å². The molecule has 3 aromatic carbocycles. The van der Waals surface area contributed by atoms with Crippen LogP contribution < -0.4 is 9.64 Å². The predicted molar refractivity (Wildman–Crippen MR) is 149 cm³/mol. The van der Waals surface area contributed by atoms with Crippen molar-refractivity contribution in [2.45, 2.75) is 18.0 Å². The minimum atomic E-state index is -1.24. The van der Waals surface area contributed by atoms with E-state index in [0.29, 0.717) is 34.4 Å². The first-order valence-corrected chi connectivity index (χ1v) is 13.1. The van der Waals surface area contributed by atoms with Crippen LogP contribution in [0.3, 0.4) is 0 Å². The van der Waals surface area contributed by atoms with Gasteiger partial charge in [0.2, 0.25) is 0 Å². The van der Waals surface area contributed by atoms with Crippen molar-refractivity contribution in [2.24, 2.45) is 0 Å². The standard InChI is InChI=1S/C29H24Cl2N4O5/c1-33-28(39)35(23-11-21(30)10-22(31)12-23)27(38)29(33)17-34(15-25(29)20-7-5-18(13-32)6-8-20)14-19-3-2-4-24(9-19)40-16-26(36)37/h2-12,25H,14-17H2,1H3,(H,36,37)/t25-,29+/m0/s1. The molecule has 2 saturated heterocycles. The number of hydrogen-bond acceptors (Lipinski definition) is 6. The second-order valence-corrected chi connectivity index (χ2v) is 10.7. The summed E-state index contributed by atoms with van der Waals surface area (Å²) in [5, 5.41) is 18.8. The number of nitriles is 1. The van der Waals surface area contributed by atoms with Gasteiger partial charge in [-0.05, 0) is 53.6 Å². The average Bonchev–Trinajstić information content (AvgIpc) is 3.38. The Morgan fingerprint density at radius 3 is 2.45 bits per heavy atom. The number of carboxylic acid groups (broad SMARTS) is 1. The van der Waals surface area contributed by atoms with E-state index in [2.05, 4.69) is 11.0 Å². The number of hydrogen-bond donors (Lipinski definition) is 1. The number of anilines is 1. The number of ether oxygens (including phenoxy) is 1. The Balaban J connectivity index is 1.52. The summed E-state index contributed by atoms with van der Waals surface area (Å²) in [6, 6.07) is 20.3. The van der Waals surface area contributed by atoms with E-state index < -0.39 is 36.0 Å². The number of likely N-dealkylation sites (N-methyl/N-ethyl adjacent to an activating group) is 1. The van der Waals surface area contributed by atoms with E-state index in [4.69, 9.17) is 33.0 Å². The monoisotopic (exact) mass is 578 g/mol. The van der Waals surface area contributed by atoms with Crippen LogP contribution in [-0.2, 0) is 16.1 Å². The van der Waals surface area contributed by atoms with Crippen molar-refractivity contribution in [2.75, 3.05) is 31.6 Å². The fourth-order valence-electron chi connectivity index (χ4n) is 5.55. The van der Waals surface area contributed by atoms with Gasteiger partial charge in [0.25, 0.3) is 5.91 Å². The van der Waals surface area contributed by atoms with Crippen LogP contribution in [0.2, 0.25) is 10.0 Å². The van der Waals surface area contributed by atoms with Crippen LogP contribution in [0.1, 0.15) is 22.6 Å². The van der Waals surface area contributed by atoms with Crippen molar-refractivity contribution < 1.29 is 24.2 Å². The molecule has 204 valence electrons. The highest BCUT2D eigenvalue weighted by Crippen LogP contribution is 2.47. The van der Waals surface area contributed by atoms with Crippen molar-refractivity contribution in [1.29, 1.82) is 5.26 Å². The highest BCUT2D eigenvalue weighted by atomic mass is 35.5. The minimum absolute atomic E-state index is 0.240. The molecule has 2 heterocycles. The topological polar surface area (TPSA) is 114 Å². The third-order valence-corrected chi connectivity index (χ3v) is 7.78. The van der Waals surface area contributed by atoms with Gasteiger partial charge in [0.1, 0.15) is 11.3 Å². The van der Waals surface area contributed by atoms with Gasteiger partial charge in [0.15, 0.2) is 6.61 Å². The third-order valence-electron chi connectivity index (χ3n) is 7.35. The molecule has 40 heavy (non-hydrogen) atoms. The predicted octanol–water partition coefficient (Wildman–Crippen LogP) is 4.77. The molecule has 9 nitrogen and oxygen atoms in total. The van der Waals surface area contributed by atoms with Crippen LogP contribution in [-0.4, -0.2) is 65.1 Å². The Kier molecular flexibility index (Phi) is 7.43. The zero-order chi connectivity index (χ0) is 28.6. The fraction of sp³-hybridized carbons (Fsp3) is 0.241. The Morgan fingerprint density at radius 2 is 1.80 bits per heavy atom. The maximum Gasteiger partial charge on any atom is 0.341 e. The van der Waals surface area contributed by atoms with Crippen LogP contribution >= 0.6 is 23.2 Å². The van der Waals surface area contributed by atoms with E-state index in [9.17, 15) is 19.6 Å². The Labute approximate surface area is 240 Å². The number of nitrogens with zero attached hydrogens (tertiary/aromatic N) is 4. The molecule has 0 aliphatic carbocycles. The second-order valence-electron chi connectivity index (χ2n) is 9.82. The summed E-state index contributed by atoms with van der Waals surface area (Å²) < 4.78 is 5.33. The lowest BCUT2D eigenvalue weighted by molar-refractivity contribution is -0.139. The van der Waals surface area contributed by atoms with Crippen LogP contribution in [0.15, 0.2) is 66.7 Å². The molecule has 3 amide bonds. The number of benzene rings is 3. The maximum absolute atomic E-state index is 14.3. The maximum atomic E-state index is 14.3. The molecular formula is C29H24Cl2N4O5. The number of urea groups is 1. The first kappa shape index (κ1) is 27.5. The van der Waals surface area contributed by atoms with Gasteiger partial charge in [-0.15, -0.1) is 0 Å². The van der Waals surface area contributed by atoms with Crippen LogP contribution in [0, 0.1) is 11.3 Å².